The summed E-state index contributed by atoms with van der Waals surface area (Å²) in [4.78, 5) is 32.7. The van der Waals surface area contributed by atoms with Gasteiger partial charge in [0.1, 0.15) is 18.4 Å². The van der Waals surface area contributed by atoms with Crippen LogP contribution in [0.2, 0.25) is 0 Å². The predicted molar refractivity (Wildman–Crippen MR) is 139 cm³/mol. The fourth-order valence-electron chi connectivity index (χ4n) is 4.68. The summed E-state index contributed by atoms with van der Waals surface area (Å²) in [5.74, 6) is -3.56. The number of anilines is 1. The van der Waals surface area contributed by atoms with Crippen LogP contribution in [0.15, 0.2) is 48.7 Å². The Labute approximate surface area is 218 Å². The molecule has 1 fully saturated rings. The van der Waals surface area contributed by atoms with Crippen molar-refractivity contribution in [3.63, 3.8) is 0 Å². The van der Waals surface area contributed by atoms with E-state index in [1.54, 1.807) is 12.1 Å². The molecular weight excluding hydrogens is 492 g/mol. The molecule has 1 atom stereocenters. The summed E-state index contributed by atoms with van der Waals surface area (Å²) in [7, 11) is 2.03. The second kappa shape index (κ2) is 10.1. The third-order valence-electron chi connectivity index (χ3n) is 6.70. The van der Waals surface area contributed by atoms with Gasteiger partial charge in [-0.2, -0.15) is 5.26 Å². The number of nitriles is 1. The quantitative estimate of drug-likeness (QED) is 0.518. The Morgan fingerprint density at radius 2 is 1.97 bits per heavy atom. The van der Waals surface area contributed by atoms with E-state index >= 15 is 0 Å². The highest BCUT2D eigenvalue weighted by Gasteiger charge is 2.47. The van der Waals surface area contributed by atoms with Crippen LogP contribution in [0, 0.1) is 11.3 Å². The number of fused-ring (bicyclic) bond motifs is 2. The number of likely N-dealkylation sites (tertiary alicyclic amines) is 1. The highest BCUT2D eigenvalue weighted by Crippen LogP contribution is 2.33. The molecule has 10 heteroatoms. The van der Waals surface area contributed by atoms with E-state index in [2.05, 4.69) is 15.2 Å². The Hall–Kier alpha value is -4.52. The number of nitrogens with one attached hydrogen (secondary N) is 1. The van der Waals surface area contributed by atoms with Gasteiger partial charge in [0, 0.05) is 25.1 Å². The minimum absolute atomic E-state index is 0.298. The largest absolute Gasteiger partial charge is 0.490 e. The van der Waals surface area contributed by atoms with E-state index in [-0.39, 0.29) is 0 Å². The topological polar surface area (TPSA) is 98.6 Å². The maximum absolute atomic E-state index is 13.7. The van der Waals surface area contributed by atoms with Gasteiger partial charge in [0.25, 0.3) is 11.8 Å². The molecule has 0 radical (unpaired) electrons. The number of aromatic nitrogens is 1. The number of carbonyl (C=O) groups excluding carboxylic acids is 2. The predicted octanol–water partition coefficient (Wildman–Crippen LogP) is 3.72. The monoisotopic (exact) mass is 517 g/mol. The van der Waals surface area contributed by atoms with Gasteiger partial charge < -0.3 is 19.9 Å². The van der Waals surface area contributed by atoms with Crippen molar-refractivity contribution in [1.29, 1.82) is 5.26 Å². The van der Waals surface area contributed by atoms with Crippen LogP contribution in [0.4, 0.5) is 14.5 Å². The van der Waals surface area contributed by atoms with Gasteiger partial charge in [-0.3, -0.25) is 14.6 Å². The highest BCUT2D eigenvalue weighted by atomic mass is 19.3. The fraction of sp³-hybridized carbons (Fsp3) is 0.286. The first-order chi connectivity index (χ1) is 18.2. The maximum Gasteiger partial charge on any atom is 0.268 e. The van der Waals surface area contributed by atoms with E-state index in [0.29, 0.717) is 23.1 Å². The molecule has 0 saturated carbocycles. The van der Waals surface area contributed by atoms with Crippen LogP contribution in [-0.2, 0) is 4.79 Å². The minimum Gasteiger partial charge on any atom is -0.490 e. The van der Waals surface area contributed by atoms with Crippen LogP contribution in [0.3, 0.4) is 0 Å². The van der Waals surface area contributed by atoms with Crippen LogP contribution in [0.5, 0.6) is 5.75 Å². The average Bonchev–Trinajstić information content (AvgIpc) is 3.24. The molecule has 5 rings (SSSR count). The Morgan fingerprint density at radius 3 is 2.76 bits per heavy atom. The molecule has 1 N–H and O–H groups in total. The van der Waals surface area contributed by atoms with Gasteiger partial charge in [-0.1, -0.05) is 24.3 Å². The number of pyridine rings is 1. The summed E-state index contributed by atoms with van der Waals surface area (Å²) in [6, 6.07) is 13.6. The molecular formula is C28H25F2N5O3. The molecule has 3 aromatic rings. The Bertz CT molecular complexity index is 1480. The maximum atomic E-state index is 13.7. The minimum atomic E-state index is -3.12. The van der Waals surface area contributed by atoms with Crippen molar-refractivity contribution < 1.29 is 23.1 Å². The molecule has 38 heavy (non-hydrogen) atoms. The second-order valence-corrected chi connectivity index (χ2v) is 9.37. The van der Waals surface area contributed by atoms with Gasteiger partial charge >= 0.3 is 0 Å². The molecule has 0 aliphatic carbocycles. The SMILES string of the molecule is CN1CCOc2cc(/C=C/c3ccc4nccc(C(=O)NCC(=O)N5CC(F)(F)CC5C#N)c4c3)ccc21. The summed E-state index contributed by atoms with van der Waals surface area (Å²) >= 11 is 0. The standard InChI is InChI=1S/C28H25F2N5O3/c1-34-10-11-38-25-13-19(5-7-24(25)34)3-2-18-4-6-23-22(12-18)21(8-9-32-23)27(37)33-16-26(36)35-17-28(29,30)14-20(35)15-31/h2-9,12-13,20H,10-11,14,16-17H2,1H3,(H,33,37)/b3-2+. The molecule has 2 aliphatic rings. The first kappa shape index (κ1) is 25.1. The summed E-state index contributed by atoms with van der Waals surface area (Å²) in [6.45, 7) is 0.146. The summed E-state index contributed by atoms with van der Waals surface area (Å²) in [5.41, 5.74) is 3.73. The molecule has 194 valence electrons. The zero-order valence-corrected chi connectivity index (χ0v) is 20.7. The molecule has 0 spiro atoms. The lowest BCUT2D eigenvalue weighted by atomic mass is 10.0. The van der Waals surface area contributed by atoms with E-state index in [1.807, 2.05) is 49.5 Å². The molecule has 1 saturated heterocycles. The number of rotatable bonds is 5. The summed E-state index contributed by atoms with van der Waals surface area (Å²) in [5, 5.41) is 12.2. The van der Waals surface area contributed by atoms with Crippen molar-refractivity contribution in [3.05, 3.63) is 65.4 Å². The van der Waals surface area contributed by atoms with E-state index < -0.39 is 43.3 Å². The Balaban J connectivity index is 1.32. The van der Waals surface area contributed by atoms with Crippen molar-refractivity contribution in [2.45, 2.75) is 18.4 Å². The van der Waals surface area contributed by atoms with Crippen LogP contribution in [0.25, 0.3) is 23.1 Å². The smallest absolute Gasteiger partial charge is 0.268 e. The van der Waals surface area contributed by atoms with Crippen molar-refractivity contribution >= 4 is 40.6 Å². The van der Waals surface area contributed by atoms with E-state index in [4.69, 9.17) is 10.00 Å². The third kappa shape index (κ3) is 5.13. The number of hydrogen-bond donors (Lipinski definition) is 1. The molecule has 1 unspecified atom stereocenters. The number of likely N-dealkylation sites (N-methyl/N-ethyl adjacent to an activating group) is 1. The average molecular weight is 518 g/mol. The third-order valence-corrected chi connectivity index (χ3v) is 6.70. The first-order valence-corrected chi connectivity index (χ1v) is 12.1. The summed E-state index contributed by atoms with van der Waals surface area (Å²) in [6.07, 6.45) is 4.66. The molecule has 1 aromatic heterocycles. The van der Waals surface area contributed by atoms with Crippen molar-refractivity contribution in [3.8, 4) is 11.8 Å². The van der Waals surface area contributed by atoms with E-state index in [0.717, 1.165) is 34.0 Å². The molecule has 3 heterocycles. The van der Waals surface area contributed by atoms with Gasteiger partial charge in [-0.25, -0.2) is 8.78 Å². The molecule has 2 amide bonds. The Kier molecular flexibility index (Phi) is 6.68. The number of ether oxygens (including phenoxy) is 1. The van der Waals surface area contributed by atoms with E-state index in [1.165, 1.54) is 12.3 Å². The number of nitrogens with zero attached hydrogens (tertiary/aromatic N) is 4. The Morgan fingerprint density at radius 1 is 1.21 bits per heavy atom. The van der Waals surface area contributed by atoms with Crippen molar-refractivity contribution in [1.82, 2.24) is 15.2 Å². The zero-order valence-electron chi connectivity index (χ0n) is 20.7. The molecule has 8 nitrogen and oxygen atoms in total. The summed E-state index contributed by atoms with van der Waals surface area (Å²) < 4.78 is 33.1. The lowest BCUT2D eigenvalue weighted by molar-refractivity contribution is -0.131. The first-order valence-electron chi connectivity index (χ1n) is 12.1. The fourth-order valence-corrected chi connectivity index (χ4v) is 4.68. The van der Waals surface area contributed by atoms with Crippen LogP contribution in [-0.4, -0.2) is 67.0 Å². The van der Waals surface area contributed by atoms with Crippen molar-refractivity contribution in [2.24, 2.45) is 0 Å². The highest BCUT2D eigenvalue weighted by molar-refractivity contribution is 6.07. The molecule has 2 aromatic carbocycles. The lowest BCUT2D eigenvalue weighted by Gasteiger charge is -2.27. The van der Waals surface area contributed by atoms with Crippen molar-refractivity contribution in [2.75, 3.05) is 38.2 Å². The number of amides is 2. The van der Waals surface area contributed by atoms with Gasteiger partial charge in [-0.05, 0) is 41.5 Å². The van der Waals surface area contributed by atoms with Gasteiger partial charge in [-0.15, -0.1) is 0 Å². The molecule has 0 bridgehead atoms. The van der Waals surface area contributed by atoms with Gasteiger partial charge in [0.15, 0.2) is 0 Å². The van der Waals surface area contributed by atoms with Gasteiger partial charge in [0.05, 0.1) is 42.5 Å². The number of carbonyl (C=O) groups is 2. The number of alkyl halides is 2. The second-order valence-electron chi connectivity index (χ2n) is 9.37. The lowest BCUT2D eigenvalue weighted by Crippen LogP contribution is -2.43. The number of halogens is 2. The molecule has 2 aliphatic heterocycles. The number of hydrogen-bond acceptors (Lipinski definition) is 6. The van der Waals surface area contributed by atoms with Gasteiger partial charge in [0.2, 0.25) is 5.91 Å². The normalized spacial score (nSPS) is 18.2. The van der Waals surface area contributed by atoms with Crippen LogP contribution < -0.4 is 15.0 Å². The zero-order chi connectivity index (χ0) is 26.9. The van der Waals surface area contributed by atoms with Crippen LogP contribution in [0.1, 0.15) is 27.9 Å². The number of benzene rings is 2. The van der Waals surface area contributed by atoms with E-state index in [9.17, 15) is 18.4 Å². The van der Waals surface area contributed by atoms with Crippen LogP contribution >= 0.6 is 0 Å².